The number of benzene rings is 2. The Balaban J connectivity index is 1.76. The average Bonchev–Trinajstić information content (AvgIpc) is 3.52. The summed E-state index contributed by atoms with van der Waals surface area (Å²) >= 11 is 0. The summed E-state index contributed by atoms with van der Waals surface area (Å²) in [5.41, 5.74) is 18.9. The number of amides is 3. The second-order valence-electron chi connectivity index (χ2n) is 10.4. The Kier molecular flexibility index (Phi) is 12.9. The maximum atomic E-state index is 13.6. The molecule has 240 valence electrons. The predicted molar refractivity (Wildman–Crippen MR) is 166 cm³/mol. The molecule has 3 aromatic rings. The Morgan fingerprint density at radius 1 is 0.822 bits per heavy atom. The van der Waals surface area contributed by atoms with Crippen molar-refractivity contribution in [3.8, 4) is 5.75 Å². The molecule has 0 saturated carbocycles. The summed E-state index contributed by atoms with van der Waals surface area (Å²) in [4.78, 5) is 62.8. The number of phenolic OH excluding ortho intramolecular Hbond substituents is 1. The number of aromatic nitrogens is 2. The molecular weight excluding hydrogens is 582 g/mol. The van der Waals surface area contributed by atoms with Crippen molar-refractivity contribution in [1.29, 1.82) is 0 Å². The fraction of sp³-hybridized carbons (Fsp3) is 0.333. The third-order valence-electron chi connectivity index (χ3n) is 6.82. The summed E-state index contributed by atoms with van der Waals surface area (Å²) in [6.07, 6.45) is 3.41. The predicted octanol–water partition coefficient (Wildman–Crippen LogP) is -0.937. The molecule has 0 saturated heterocycles. The number of phenols is 1. The zero-order valence-corrected chi connectivity index (χ0v) is 24.6. The van der Waals surface area contributed by atoms with Gasteiger partial charge in [-0.2, -0.15) is 0 Å². The van der Waals surface area contributed by atoms with E-state index in [-0.39, 0.29) is 50.4 Å². The van der Waals surface area contributed by atoms with Gasteiger partial charge in [0.1, 0.15) is 23.9 Å². The Bertz CT molecular complexity index is 1430. The first kappa shape index (κ1) is 34.1. The van der Waals surface area contributed by atoms with E-state index < -0.39 is 47.9 Å². The molecule has 3 rings (SSSR count). The number of H-pyrrole nitrogens is 1. The molecular formula is C30H39N9O6. The van der Waals surface area contributed by atoms with E-state index in [0.717, 1.165) is 0 Å². The lowest BCUT2D eigenvalue weighted by atomic mass is 10.0. The number of carboxylic acids is 1. The van der Waals surface area contributed by atoms with Gasteiger partial charge in [-0.05, 0) is 42.5 Å². The summed E-state index contributed by atoms with van der Waals surface area (Å²) in [7, 11) is 0. The van der Waals surface area contributed by atoms with Gasteiger partial charge in [-0.15, -0.1) is 0 Å². The highest BCUT2D eigenvalue weighted by molar-refractivity contribution is 5.94. The van der Waals surface area contributed by atoms with E-state index in [1.54, 1.807) is 42.5 Å². The zero-order valence-electron chi connectivity index (χ0n) is 24.6. The topological polar surface area (TPSA) is 264 Å². The minimum Gasteiger partial charge on any atom is -0.508 e. The van der Waals surface area contributed by atoms with E-state index in [0.29, 0.717) is 16.8 Å². The first-order valence-corrected chi connectivity index (χ1v) is 14.3. The highest BCUT2D eigenvalue weighted by Gasteiger charge is 2.31. The van der Waals surface area contributed by atoms with Crippen LogP contribution in [-0.2, 0) is 38.4 Å². The van der Waals surface area contributed by atoms with Crippen LogP contribution in [0.1, 0.15) is 29.7 Å². The van der Waals surface area contributed by atoms with Crippen molar-refractivity contribution in [2.24, 2.45) is 22.2 Å². The van der Waals surface area contributed by atoms with Gasteiger partial charge < -0.3 is 48.3 Å². The number of imidazole rings is 1. The van der Waals surface area contributed by atoms with Crippen LogP contribution in [0.5, 0.6) is 5.75 Å². The van der Waals surface area contributed by atoms with Gasteiger partial charge in [0.25, 0.3) is 0 Å². The third kappa shape index (κ3) is 11.6. The van der Waals surface area contributed by atoms with Crippen LogP contribution in [0.3, 0.4) is 0 Å². The standard InChI is InChI=1S/C30H39N9O6/c31-22(13-19-8-10-21(40)11-9-19)26(41)38-24(15-20-16-34-17-36-20)28(43)37-23(7-4-12-35-30(32)33)27(42)39-25(29(44)45)14-18-5-2-1-3-6-18/h1-3,5-6,8-11,16-17,22-25,40H,4,7,12-15,31H2,(H,34,36)(H,37,43)(H,38,41)(H,39,42)(H,44,45)(H4,32,33,35). The first-order valence-electron chi connectivity index (χ1n) is 14.3. The van der Waals surface area contributed by atoms with E-state index >= 15 is 0 Å². The van der Waals surface area contributed by atoms with E-state index in [9.17, 15) is 29.4 Å². The number of hydrogen-bond acceptors (Lipinski definition) is 8. The van der Waals surface area contributed by atoms with E-state index in [1.807, 2.05) is 0 Å². The number of nitrogens with two attached hydrogens (primary N) is 3. The molecule has 0 radical (unpaired) electrons. The fourth-order valence-corrected chi connectivity index (χ4v) is 4.45. The summed E-state index contributed by atoms with van der Waals surface area (Å²) in [5.74, 6) is -3.37. The monoisotopic (exact) mass is 621 g/mol. The quantitative estimate of drug-likeness (QED) is 0.0507. The summed E-state index contributed by atoms with van der Waals surface area (Å²) in [5, 5.41) is 27.1. The molecule has 12 N–H and O–H groups in total. The van der Waals surface area contributed by atoms with Gasteiger partial charge in [-0.3, -0.25) is 19.4 Å². The number of guanidine groups is 1. The Morgan fingerprint density at radius 3 is 2.07 bits per heavy atom. The maximum Gasteiger partial charge on any atom is 0.326 e. The van der Waals surface area contributed by atoms with Crippen LogP contribution < -0.4 is 33.2 Å². The molecule has 0 aliphatic rings. The summed E-state index contributed by atoms with van der Waals surface area (Å²) in [6.45, 7) is 0.161. The molecule has 0 aliphatic carbocycles. The third-order valence-corrected chi connectivity index (χ3v) is 6.82. The number of hydrogen-bond donors (Lipinski definition) is 9. The molecule has 4 unspecified atom stereocenters. The molecule has 0 aliphatic heterocycles. The largest absolute Gasteiger partial charge is 0.508 e. The SMILES string of the molecule is NC(N)=NCCCC(NC(=O)C(Cc1cnc[nH]1)NC(=O)C(N)Cc1ccc(O)cc1)C(=O)NC(Cc1ccccc1)C(=O)O. The zero-order chi connectivity index (χ0) is 32.8. The first-order chi connectivity index (χ1) is 21.5. The lowest BCUT2D eigenvalue weighted by molar-refractivity contribution is -0.142. The Morgan fingerprint density at radius 2 is 1.44 bits per heavy atom. The number of aliphatic carboxylic acids is 1. The second kappa shape index (κ2) is 17.0. The van der Waals surface area contributed by atoms with Crippen LogP contribution in [0.25, 0.3) is 0 Å². The molecule has 2 aromatic carbocycles. The van der Waals surface area contributed by atoms with Crippen molar-refractivity contribution >= 4 is 29.7 Å². The van der Waals surface area contributed by atoms with Gasteiger partial charge in [0.15, 0.2) is 5.96 Å². The highest BCUT2D eigenvalue weighted by Crippen LogP contribution is 2.12. The van der Waals surface area contributed by atoms with E-state index in [4.69, 9.17) is 17.2 Å². The number of aliphatic imine (C=N–C) groups is 1. The highest BCUT2D eigenvalue weighted by atomic mass is 16.4. The molecule has 15 nitrogen and oxygen atoms in total. The van der Waals surface area contributed by atoms with Crippen molar-refractivity contribution < 1.29 is 29.4 Å². The van der Waals surface area contributed by atoms with Crippen molar-refractivity contribution in [2.45, 2.75) is 56.3 Å². The lowest BCUT2D eigenvalue weighted by Crippen LogP contribution is -2.58. The van der Waals surface area contributed by atoms with E-state index in [2.05, 4.69) is 30.9 Å². The van der Waals surface area contributed by atoms with Crippen molar-refractivity contribution in [2.75, 3.05) is 6.54 Å². The number of rotatable bonds is 17. The summed E-state index contributed by atoms with van der Waals surface area (Å²) < 4.78 is 0. The molecule has 3 amide bonds. The van der Waals surface area contributed by atoms with Gasteiger partial charge >= 0.3 is 5.97 Å². The van der Waals surface area contributed by atoms with Crippen molar-refractivity contribution in [3.63, 3.8) is 0 Å². The number of carbonyl (C=O) groups is 4. The van der Waals surface area contributed by atoms with Gasteiger partial charge in [0.2, 0.25) is 17.7 Å². The molecule has 4 atom stereocenters. The Labute approximate surface area is 259 Å². The number of aromatic hydroxyl groups is 1. The van der Waals surface area contributed by atoms with Gasteiger partial charge in [-0.25, -0.2) is 9.78 Å². The number of carbonyl (C=O) groups excluding carboxylic acids is 3. The number of nitrogens with one attached hydrogen (secondary N) is 4. The maximum absolute atomic E-state index is 13.6. The fourth-order valence-electron chi connectivity index (χ4n) is 4.45. The minimum atomic E-state index is -1.27. The number of nitrogens with zero attached hydrogens (tertiary/aromatic N) is 2. The molecule has 1 heterocycles. The molecule has 15 heteroatoms. The van der Waals surface area contributed by atoms with Crippen LogP contribution in [0.15, 0.2) is 72.1 Å². The minimum absolute atomic E-state index is 0.00238. The Hall–Kier alpha value is -5.44. The lowest BCUT2D eigenvalue weighted by Gasteiger charge is -2.25. The average molecular weight is 622 g/mol. The number of carboxylic acid groups (broad SMARTS) is 1. The molecule has 45 heavy (non-hydrogen) atoms. The van der Waals surface area contributed by atoms with Crippen LogP contribution in [0.4, 0.5) is 0 Å². The van der Waals surface area contributed by atoms with Gasteiger partial charge in [0, 0.05) is 31.3 Å². The van der Waals surface area contributed by atoms with Crippen LogP contribution in [-0.4, -0.2) is 80.5 Å². The molecule has 1 aromatic heterocycles. The van der Waals surface area contributed by atoms with Crippen LogP contribution in [0.2, 0.25) is 0 Å². The summed E-state index contributed by atoms with van der Waals surface area (Å²) in [6, 6.07) is 10.3. The van der Waals surface area contributed by atoms with Crippen molar-refractivity contribution in [3.05, 3.63) is 83.9 Å². The molecule has 0 bridgehead atoms. The van der Waals surface area contributed by atoms with Crippen LogP contribution in [0, 0.1) is 0 Å². The normalized spacial score (nSPS) is 13.4. The smallest absolute Gasteiger partial charge is 0.326 e. The van der Waals surface area contributed by atoms with Crippen molar-refractivity contribution in [1.82, 2.24) is 25.9 Å². The number of aromatic amines is 1. The molecule has 0 fully saturated rings. The van der Waals surface area contributed by atoms with E-state index in [1.165, 1.54) is 24.7 Å². The molecule has 0 spiro atoms. The van der Waals surface area contributed by atoms with Crippen LogP contribution >= 0.6 is 0 Å². The van der Waals surface area contributed by atoms with Gasteiger partial charge in [0.05, 0.1) is 12.4 Å². The second-order valence-corrected chi connectivity index (χ2v) is 10.4. The van der Waals surface area contributed by atoms with Gasteiger partial charge in [-0.1, -0.05) is 42.5 Å².